The summed E-state index contributed by atoms with van der Waals surface area (Å²) in [6.45, 7) is 9.54. The topological polar surface area (TPSA) is 134 Å². The Labute approximate surface area is 282 Å². The molecule has 0 bridgehead atoms. The number of ether oxygens (including phenoxy) is 1. The zero-order valence-corrected chi connectivity index (χ0v) is 28.6. The molecule has 3 aromatic carbocycles. The number of aliphatic hydroxyl groups is 1. The maximum atomic E-state index is 13.1. The van der Waals surface area contributed by atoms with Gasteiger partial charge in [0.1, 0.15) is 25.4 Å². The maximum absolute atomic E-state index is 13.1. The summed E-state index contributed by atoms with van der Waals surface area (Å²) in [5.41, 5.74) is 1.92. The van der Waals surface area contributed by atoms with Gasteiger partial charge in [-0.25, -0.2) is 13.9 Å². The first-order valence-electron chi connectivity index (χ1n) is 14.2. The lowest BCUT2D eigenvalue weighted by atomic mass is 10.1. The largest absolute Gasteiger partial charge is 0.489 e. The Morgan fingerprint density at radius 2 is 1.45 bits per heavy atom. The van der Waals surface area contributed by atoms with Crippen LogP contribution in [0.25, 0.3) is 0 Å². The molecule has 1 aliphatic heterocycles. The Balaban J connectivity index is 0.000000919. The van der Waals surface area contributed by atoms with Crippen LogP contribution in [0.15, 0.2) is 71.6 Å². The number of anilines is 2. The van der Waals surface area contributed by atoms with Gasteiger partial charge in [-0.15, -0.1) is 0 Å². The number of hydrogen-bond donors (Lipinski definition) is 3. The molecule has 1 heterocycles. The first kappa shape index (κ1) is 44.8. The smallest absolute Gasteiger partial charge is 0.416 e. The summed E-state index contributed by atoms with van der Waals surface area (Å²) in [5, 5.41) is 10.2. The van der Waals surface area contributed by atoms with Crippen molar-refractivity contribution in [1.29, 1.82) is 0 Å². The third kappa shape index (κ3) is 14.9. The summed E-state index contributed by atoms with van der Waals surface area (Å²) >= 11 is 0. The monoisotopic (exact) mass is 725 g/mol. The number of nitrogens with one attached hydrogen (secondary N) is 2. The van der Waals surface area contributed by atoms with Gasteiger partial charge in [0.2, 0.25) is 0 Å². The Hall–Kier alpha value is -4.19. The van der Waals surface area contributed by atoms with Gasteiger partial charge in [-0.2, -0.15) is 26.3 Å². The number of nitrogens with zero attached hydrogens (tertiary/aromatic N) is 1. The third-order valence-corrected chi connectivity index (χ3v) is 7.49. The maximum Gasteiger partial charge on any atom is 0.416 e. The minimum absolute atomic E-state index is 0.00451. The van der Waals surface area contributed by atoms with E-state index in [1.54, 1.807) is 31.3 Å². The van der Waals surface area contributed by atoms with E-state index in [4.69, 9.17) is 24.3 Å². The minimum atomic E-state index is -4.63. The van der Waals surface area contributed by atoms with Crippen LogP contribution in [-0.2, 0) is 43.4 Å². The summed E-state index contributed by atoms with van der Waals surface area (Å²) in [7, 11) is -1.64. The minimum Gasteiger partial charge on any atom is -0.489 e. The van der Waals surface area contributed by atoms with E-state index in [1.807, 2.05) is 27.6 Å². The van der Waals surface area contributed by atoms with Crippen molar-refractivity contribution < 1.29 is 59.0 Å². The lowest BCUT2D eigenvalue weighted by Crippen LogP contribution is -2.38. The average Bonchev–Trinajstić information content (AvgIpc) is 3.04. The number of carbonyl (C=O) groups excluding carboxylic acids is 2. The quantitative estimate of drug-likeness (QED) is 0.148. The van der Waals surface area contributed by atoms with Crippen LogP contribution in [0.5, 0.6) is 5.75 Å². The molecule has 3 aromatic rings. The number of halogens is 6. The molecular formula is C32H41F6N3O7S. The van der Waals surface area contributed by atoms with Crippen LogP contribution in [0.4, 0.5) is 37.7 Å². The number of sulfonamides is 1. The number of fused-ring (bicyclic) bond motifs is 1. The van der Waals surface area contributed by atoms with E-state index in [-0.39, 0.29) is 31.0 Å². The van der Waals surface area contributed by atoms with E-state index < -0.39 is 38.4 Å². The van der Waals surface area contributed by atoms with Crippen LogP contribution in [-0.4, -0.2) is 59.4 Å². The Kier molecular flexibility index (Phi) is 18.6. The number of aliphatic hydroxyl groups excluding tert-OH is 1. The van der Waals surface area contributed by atoms with E-state index in [9.17, 15) is 34.8 Å². The SMILES string of the molecule is C=O.CC(C)(C)Nc1ccc2c(c1)N(S(=O)(=O)c1cccc(C(F)(F)F)c1)CCO2.CC=O.CNOCc1cccc(C(F)(F)F)c1.CO. The second kappa shape index (κ2) is 20.4. The number of alkyl halides is 6. The second-order valence-corrected chi connectivity index (χ2v) is 12.3. The predicted molar refractivity (Wildman–Crippen MR) is 174 cm³/mol. The van der Waals surface area contributed by atoms with E-state index in [2.05, 4.69) is 10.8 Å². The van der Waals surface area contributed by atoms with E-state index in [1.165, 1.54) is 13.0 Å². The molecule has 274 valence electrons. The van der Waals surface area contributed by atoms with Crippen molar-refractivity contribution in [3.05, 3.63) is 83.4 Å². The van der Waals surface area contributed by atoms with Crippen LogP contribution in [0, 0.1) is 0 Å². The summed E-state index contributed by atoms with van der Waals surface area (Å²) in [4.78, 5) is 21.2. The van der Waals surface area contributed by atoms with Crippen molar-refractivity contribution in [3.8, 4) is 5.75 Å². The van der Waals surface area contributed by atoms with Crippen molar-refractivity contribution >= 4 is 34.5 Å². The summed E-state index contributed by atoms with van der Waals surface area (Å²) in [6.07, 6.45) is -8.17. The lowest BCUT2D eigenvalue weighted by Gasteiger charge is -2.32. The predicted octanol–water partition coefficient (Wildman–Crippen LogP) is 6.49. The number of benzene rings is 3. The van der Waals surface area contributed by atoms with Gasteiger partial charge in [-0.3, -0.25) is 9.14 Å². The molecule has 0 aliphatic carbocycles. The van der Waals surface area contributed by atoms with Crippen LogP contribution >= 0.6 is 0 Å². The second-order valence-electron chi connectivity index (χ2n) is 10.4. The first-order valence-corrected chi connectivity index (χ1v) is 15.6. The van der Waals surface area contributed by atoms with Crippen LogP contribution in [0.1, 0.15) is 44.4 Å². The van der Waals surface area contributed by atoms with Gasteiger partial charge < -0.3 is 24.7 Å². The van der Waals surface area contributed by atoms with Gasteiger partial charge in [0.25, 0.3) is 10.0 Å². The highest BCUT2D eigenvalue weighted by atomic mass is 32.2. The molecule has 0 spiro atoms. The molecule has 0 saturated carbocycles. The molecule has 0 unspecified atom stereocenters. The number of carbonyl (C=O) groups is 2. The van der Waals surface area contributed by atoms with Gasteiger partial charge >= 0.3 is 12.4 Å². The average molecular weight is 726 g/mol. The fraction of sp³-hybridized carbons (Fsp3) is 0.375. The Morgan fingerprint density at radius 1 is 0.918 bits per heavy atom. The zero-order chi connectivity index (χ0) is 38.1. The highest BCUT2D eigenvalue weighted by Gasteiger charge is 2.35. The number of rotatable bonds is 6. The summed E-state index contributed by atoms with van der Waals surface area (Å²) in [5.74, 6) is 0.362. The normalized spacial score (nSPS) is 12.4. The van der Waals surface area contributed by atoms with Crippen molar-refractivity contribution in [1.82, 2.24) is 5.48 Å². The van der Waals surface area contributed by atoms with Gasteiger partial charge in [0.05, 0.1) is 34.9 Å². The van der Waals surface area contributed by atoms with Crippen LogP contribution in [0.2, 0.25) is 0 Å². The van der Waals surface area contributed by atoms with Crippen molar-refractivity contribution in [3.63, 3.8) is 0 Å². The molecule has 0 amide bonds. The van der Waals surface area contributed by atoms with Crippen molar-refractivity contribution in [2.75, 3.05) is 36.9 Å². The molecule has 1 aliphatic rings. The molecule has 0 fully saturated rings. The molecular weight excluding hydrogens is 684 g/mol. The van der Waals surface area contributed by atoms with Crippen LogP contribution < -0.4 is 19.8 Å². The molecule has 0 atom stereocenters. The molecule has 0 saturated heterocycles. The molecule has 10 nitrogen and oxygen atoms in total. The molecule has 0 aromatic heterocycles. The Morgan fingerprint density at radius 3 is 1.96 bits per heavy atom. The van der Waals surface area contributed by atoms with Crippen molar-refractivity contribution in [2.45, 2.75) is 57.1 Å². The molecule has 3 N–H and O–H groups in total. The van der Waals surface area contributed by atoms with Gasteiger partial charge in [-0.1, -0.05) is 18.2 Å². The number of hydrogen-bond acceptors (Lipinski definition) is 9. The number of hydroxylamine groups is 1. The first-order chi connectivity index (χ1) is 22.8. The zero-order valence-electron chi connectivity index (χ0n) is 27.8. The summed E-state index contributed by atoms with van der Waals surface area (Å²) in [6, 6.07) is 13.8. The van der Waals surface area contributed by atoms with E-state index >= 15 is 0 Å². The fourth-order valence-electron chi connectivity index (χ4n) is 3.91. The van der Waals surface area contributed by atoms with Crippen LogP contribution in [0.3, 0.4) is 0 Å². The molecule has 0 radical (unpaired) electrons. The standard InChI is InChI=1S/C19H21F3N2O3S.C9H10F3NO.C2H4O.CH4O.CH2O/c1-18(2,3)23-14-7-8-17-16(12-14)24(9-10-27-17)28(25,26)15-6-4-5-13(11-15)19(20,21)22;1-13-14-6-7-3-2-4-8(5-7)9(10,11)12;1-2-3;2*1-2/h4-8,11-12,23H,9-10H2,1-3H3;2-5,13H,6H2,1H3;2H,1H3;2H,1H3;1H2. The molecule has 17 heteroatoms. The highest BCUT2D eigenvalue weighted by molar-refractivity contribution is 7.92. The highest BCUT2D eigenvalue weighted by Crippen LogP contribution is 2.39. The molecule has 4 rings (SSSR count). The van der Waals surface area contributed by atoms with E-state index in [0.717, 1.165) is 48.0 Å². The number of aldehydes is 1. The van der Waals surface area contributed by atoms with Gasteiger partial charge in [0, 0.05) is 25.4 Å². The van der Waals surface area contributed by atoms with Gasteiger partial charge in [-0.05, 0) is 81.8 Å². The molecule has 49 heavy (non-hydrogen) atoms. The summed E-state index contributed by atoms with van der Waals surface area (Å²) < 4.78 is 109. The Bertz CT molecular complexity index is 1550. The lowest BCUT2D eigenvalue weighted by molar-refractivity contribution is -0.138. The van der Waals surface area contributed by atoms with E-state index in [0.29, 0.717) is 23.1 Å². The van der Waals surface area contributed by atoms with Gasteiger partial charge in [0.15, 0.2) is 0 Å². The third-order valence-electron chi connectivity index (χ3n) is 5.69. The fourth-order valence-corrected chi connectivity index (χ4v) is 5.40. The van der Waals surface area contributed by atoms with Crippen molar-refractivity contribution in [2.24, 2.45) is 0 Å².